The Bertz CT molecular complexity index is 395. The lowest BCUT2D eigenvalue weighted by Gasteiger charge is -2.40. The molecule has 100 valence electrons. The zero-order chi connectivity index (χ0) is 13.2. The van der Waals surface area contributed by atoms with Gasteiger partial charge in [-0.3, -0.25) is 0 Å². The van der Waals surface area contributed by atoms with Gasteiger partial charge >= 0.3 is 0 Å². The van der Waals surface area contributed by atoms with Crippen molar-refractivity contribution < 1.29 is 9.50 Å². The van der Waals surface area contributed by atoms with E-state index >= 15 is 0 Å². The Morgan fingerprint density at radius 3 is 2.33 bits per heavy atom. The van der Waals surface area contributed by atoms with Crippen LogP contribution in [0.4, 0.5) is 10.3 Å². The second-order valence-corrected chi connectivity index (χ2v) is 5.97. The number of rotatable bonds is 3. The van der Waals surface area contributed by atoms with Crippen LogP contribution in [-0.2, 0) is 0 Å². The Labute approximate surface area is 107 Å². The monoisotopic (exact) mass is 253 g/mol. The molecule has 1 aromatic heterocycles. The highest BCUT2D eigenvalue weighted by Gasteiger charge is 2.36. The number of nitrogens with one attached hydrogen (secondary N) is 1. The molecule has 1 heterocycles. The molecule has 2 N–H and O–H groups in total. The zero-order valence-electron chi connectivity index (χ0n) is 10.9. The molecule has 0 spiro atoms. The summed E-state index contributed by atoms with van der Waals surface area (Å²) in [4.78, 5) is 7.63. The molecule has 0 radical (unpaired) electrons. The fourth-order valence-electron chi connectivity index (χ4n) is 2.22. The first kappa shape index (κ1) is 13.2. The Hall–Kier alpha value is -1.23. The quantitative estimate of drug-likeness (QED) is 0.868. The van der Waals surface area contributed by atoms with Crippen LogP contribution in [0.25, 0.3) is 0 Å². The molecule has 0 saturated heterocycles. The fourth-order valence-corrected chi connectivity index (χ4v) is 2.22. The lowest BCUT2D eigenvalue weighted by molar-refractivity contribution is -0.0146. The molecule has 0 bridgehead atoms. The molecule has 1 fully saturated rings. The van der Waals surface area contributed by atoms with Gasteiger partial charge < -0.3 is 10.4 Å². The highest BCUT2D eigenvalue weighted by molar-refractivity contribution is 5.23. The molecule has 1 saturated carbocycles. The molecule has 1 aliphatic rings. The van der Waals surface area contributed by atoms with Crippen LogP contribution >= 0.6 is 0 Å². The summed E-state index contributed by atoms with van der Waals surface area (Å²) >= 11 is 0. The number of hydrogen-bond donors (Lipinski definition) is 2. The average molecular weight is 253 g/mol. The molecule has 0 aromatic carbocycles. The van der Waals surface area contributed by atoms with Crippen molar-refractivity contribution in [3.63, 3.8) is 0 Å². The van der Waals surface area contributed by atoms with E-state index in [0.717, 1.165) is 38.1 Å². The SMILES string of the molecule is CC1(C)CCC(O)(CNc2ncc(F)cn2)CC1. The molecule has 0 aliphatic heterocycles. The lowest BCUT2D eigenvalue weighted by Crippen LogP contribution is -2.42. The molecule has 0 atom stereocenters. The van der Waals surface area contributed by atoms with Gasteiger partial charge in [-0.05, 0) is 31.1 Å². The highest BCUT2D eigenvalue weighted by atomic mass is 19.1. The summed E-state index contributed by atoms with van der Waals surface area (Å²) in [7, 11) is 0. The van der Waals surface area contributed by atoms with Crippen LogP contribution in [0.5, 0.6) is 0 Å². The van der Waals surface area contributed by atoms with E-state index in [9.17, 15) is 9.50 Å². The van der Waals surface area contributed by atoms with Crippen LogP contribution in [0.2, 0.25) is 0 Å². The molecule has 0 unspecified atom stereocenters. The maximum Gasteiger partial charge on any atom is 0.222 e. The number of anilines is 1. The predicted octanol–water partition coefficient (Wildman–Crippen LogP) is 2.36. The first-order valence-corrected chi connectivity index (χ1v) is 6.32. The first-order chi connectivity index (χ1) is 8.39. The van der Waals surface area contributed by atoms with E-state index in [2.05, 4.69) is 29.1 Å². The minimum absolute atomic E-state index is 0.318. The second kappa shape index (κ2) is 4.80. The van der Waals surface area contributed by atoms with E-state index in [4.69, 9.17) is 0 Å². The predicted molar refractivity (Wildman–Crippen MR) is 67.7 cm³/mol. The van der Waals surface area contributed by atoms with E-state index in [0.29, 0.717) is 17.9 Å². The van der Waals surface area contributed by atoms with Gasteiger partial charge in [0.15, 0.2) is 5.82 Å². The van der Waals surface area contributed by atoms with Gasteiger partial charge in [0.2, 0.25) is 5.95 Å². The molecular formula is C13H20FN3O. The maximum absolute atomic E-state index is 12.6. The van der Waals surface area contributed by atoms with Gasteiger partial charge in [-0.25, -0.2) is 14.4 Å². The minimum Gasteiger partial charge on any atom is -0.388 e. The molecule has 4 nitrogen and oxygen atoms in total. The molecule has 18 heavy (non-hydrogen) atoms. The van der Waals surface area contributed by atoms with E-state index in [-0.39, 0.29) is 0 Å². The summed E-state index contributed by atoms with van der Waals surface area (Å²) in [5, 5.41) is 13.4. The van der Waals surface area contributed by atoms with Crippen molar-refractivity contribution in [3.8, 4) is 0 Å². The summed E-state index contributed by atoms with van der Waals surface area (Å²) in [6.07, 6.45) is 5.79. The summed E-state index contributed by atoms with van der Waals surface area (Å²) in [5.41, 5.74) is -0.383. The molecule has 1 aliphatic carbocycles. The molecule has 2 rings (SSSR count). The summed E-state index contributed by atoms with van der Waals surface area (Å²) in [6, 6.07) is 0. The van der Waals surface area contributed by atoms with Gasteiger partial charge in [0.05, 0.1) is 18.0 Å². The van der Waals surface area contributed by atoms with Crippen LogP contribution in [0.15, 0.2) is 12.4 Å². The smallest absolute Gasteiger partial charge is 0.222 e. The third-order valence-corrected chi connectivity index (χ3v) is 3.73. The van der Waals surface area contributed by atoms with Crippen LogP contribution < -0.4 is 5.32 Å². The van der Waals surface area contributed by atoms with Gasteiger partial charge in [-0.2, -0.15) is 0 Å². The third kappa shape index (κ3) is 3.38. The average Bonchev–Trinajstić information content (AvgIpc) is 2.33. The Kier molecular flexibility index (Phi) is 3.52. The van der Waals surface area contributed by atoms with Crippen molar-refractivity contribution in [1.29, 1.82) is 0 Å². The van der Waals surface area contributed by atoms with Crippen molar-refractivity contribution >= 4 is 5.95 Å². The van der Waals surface area contributed by atoms with Crippen LogP contribution in [0.1, 0.15) is 39.5 Å². The van der Waals surface area contributed by atoms with Crippen LogP contribution in [0, 0.1) is 11.2 Å². The first-order valence-electron chi connectivity index (χ1n) is 6.32. The zero-order valence-corrected chi connectivity index (χ0v) is 10.9. The summed E-state index contributed by atoms with van der Waals surface area (Å²) < 4.78 is 12.6. The standard InChI is InChI=1S/C13H20FN3O/c1-12(2)3-5-13(18,6-4-12)9-17-11-15-7-10(14)8-16-11/h7-8,18H,3-6,9H2,1-2H3,(H,15,16,17). The van der Waals surface area contributed by atoms with Crippen molar-refractivity contribution in [2.75, 3.05) is 11.9 Å². The molecular weight excluding hydrogens is 233 g/mol. The van der Waals surface area contributed by atoms with E-state index in [1.165, 1.54) is 0 Å². The van der Waals surface area contributed by atoms with Crippen molar-refractivity contribution in [2.45, 2.75) is 45.1 Å². The summed E-state index contributed by atoms with van der Waals surface area (Å²) in [5.74, 6) is -0.103. The highest BCUT2D eigenvalue weighted by Crippen LogP contribution is 2.40. The van der Waals surface area contributed by atoms with Crippen LogP contribution in [-0.4, -0.2) is 27.2 Å². The number of hydrogen-bond acceptors (Lipinski definition) is 4. The van der Waals surface area contributed by atoms with Gasteiger partial charge in [0, 0.05) is 6.54 Å². The Morgan fingerprint density at radius 2 is 1.78 bits per heavy atom. The van der Waals surface area contributed by atoms with Crippen molar-refractivity contribution in [2.24, 2.45) is 5.41 Å². The molecule has 5 heteroatoms. The maximum atomic E-state index is 12.6. The van der Waals surface area contributed by atoms with Gasteiger partial charge in [0.1, 0.15) is 0 Å². The lowest BCUT2D eigenvalue weighted by atomic mass is 9.71. The minimum atomic E-state index is -0.701. The molecule has 1 aromatic rings. The number of aliphatic hydroxyl groups is 1. The Morgan fingerprint density at radius 1 is 1.22 bits per heavy atom. The number of halogens is 1. The normalized spacial score (nSPS) is 21.6. The van der Waals surface area contributed by atoms with E-state index in [1.807, 2.05) is 0 Å². The van der Waals surface area contributed by atoms with Gasteiger partial charge in [-0.1, -0.05) is 13.8 Å². The van der Waals surface area contributed by atoms with Gasteiger partial charge in [-0.15, -0.1) is 0 Å². The largest absolute Gasteiger partial charge is 0.388 e. The van der Waals surface area contributed by atoms with Gasteiger partial charge in [0.25, 0.3) is 0 Å². The number of aromatic nitrogens is 2. The van der Waals surface area contributed by atoms with E-state index in [1.54, 1.807) is 0 Å². The topological polar surface area (TPSA) is 58.0 Å². The summed E-state index contributed by atoms with van der Waals surface area (Å²) in [6.45, 7) is 4.86. The molecule has 0 amide bonds. The Balaban J connectivity index is 1.88. The second-order valence-electron chi connectivity index (χ2n) is 5.97. The van der Waals surface area contributed by atoms with E-state index < -0.39 is 11.4 Å². The van der Waals surface area contributed by atoms with Crippen LogP contribution in [0.3, 0.4) is 0 Å². The fraction of sp³-hybridized carbons (Fsp3) is 0.692. The van der Waals surface area contributed by atoms with Crippen molar-refractivity contribution in [3.05, 3.63) is 18.2 Å². The van der Waals surface area contributed by atoms with Crippen molar-refractivity contribution in [1.82, 2.24) is 9.97 Å². The number of nitrogens with zero attached hydrogens (tertiary/aromatic N) is 2. The third-order valence-electron chi connectivity index (χ3n) is 3.73.